The Labute approximate surface area is 119 Å². The molecule has 108 valence electrons. The molecule has 0 amide bonds. The van der Waals surface area contributed by atoms with E-state index in [2.05, 4.69) is 10.3 Å². The van der Waals surface area contributed by atoms with Gasteiger partial charge in [0.15, 0.2) is 5.13 Å². The van der Waals surface area contributed by atoms with Crippen molar-refractivity contribution in [3.63, 3.8) is 0 Å². The second-order valence-electron chi connectivity index (χ2n) is 4.44. The minimum atomic E-state index is -4.33. The Morgan fingerprint density at radius 2 is 1.85 bits per heavy atom. The van der Waals surface area contributed by atoms with E-state index in [0.29, 0.717) is 17.9 Å². The minimum Gasteiger partial charge on any atom is -0.378 e. The van der Waals surface area contributed by atoms with Gasteiger partial charge in [-0.05, 0) is 17.7 Å². The number of hydrogen-bond donors (Lipinski definition) is 1. The average Bonchev–Trinajstić information content (AvgIpc) is 2.85. The summed E-state index contributed by atoms with van der Waals surface area (Å²) < 4.78 is 37.3. The van der Waals surface area contributed by atoms with Gasteiger partial charge in [-0.1, -0.05) is 23.5 Å². The number of benzene rings is 1. The standard InChI is InChI=1S/C13H14F3N3S/c1-19(2)10-5-3-9(4-6-10)7-17-12-18-8-11(20-12)13(14,15)16/h3-6,8H,7H2,1-2H3,(H,17,18). The molecule has 0 aliphatic rings. The van der Waals surface area contributed by atoms with Crippen molar-refractivity contribution in [3.05, 3.63) is 40.9 Å². The van der Waals surface area contributed by atoms with Crippen LogP contribution in [0.5, 0.6) is 0 Å². The van der Waals surface area contributed by atoms with Crippen LogP contribution in [0.25, 0.3) is 0 Å². The predicted octanol–water partition coefficient (Wildman–Crippen LogP) is 3.84. The molecule has 0 atom stereocenters. The van der Waals surface area contributed by atoms with Crippen LogP contribution in [0, 0.1) is 0 Å². The van der Waals surface area contributed by atoms with Crippen molar-refractivity contribution in [2.45, 2.75) is 12.7 Å². The molecule has 1 N–H and O–H groups in total. The molecule has 0 spiro atoms. The van der Waals surface area contributed by atoms with Crippen molar-refractivity contribution in [2.75, 3.05) is 24.3 Å². The first kappa shape index (κ1) is 14.6. The number of nitrogens with zero attached hydrogens (tertiary/aromatic N) is 2. The number of hydrogen-bond acceptors (Lipinski definition) is 4. The van der Waals surface area contributed by atoms with Gasteiger partial charge in [-0.3, -0.25) is 0 Å². The molecule has 0 saturated carbocycles. The SMILES string of the molecule is CN(C)c1ccc(CNc2ncc(C(F)(F)F)s2)cc1. The third kappa shape index (κ3) is 3.63. The summed E-state index contributed by atoms with van der Waals surface area (Å²) in [5, 5.41) is 3.17. The zero-order valence-electron chi connectivity index (χ0n) is 11.0. The van der Waals surface area contributed by atoms with Gasteiger partial charge in [0.2, 0.25) is 0 Å². The lowest BCUT2D eigenvalue weighted by Crippen LogP contribution is -2.08. The lowest BCUT2D eigenvalue weighted by molar-refractivity contribution is -0.134. The number of halogens is 3. The molecule has 0 aliphatic carbocycles. The third-order valence-corrected chi connectivity index (χ3v) is 3.68. The van der Waals surface area contributed by atoms with Crippen molar-refractivity contribution >= 4 is 22.2 Å². The van der Waals surface area contributed by atoms with E-state index < -0.39 is 11.1 Å². The fraction of sp³-hybridized carbons (Fsp3) is 0.308. The maximum Gasteiger partial charge on any atom is 0.427 e. The molecule has 1 aromatic heterocycles. The Balaban J connectivity index is 1.96. The summed E-state index contributed by atoms with van der Waals surface area (Å²) in [4.78, 5) is 5.01. The summed E-state index contributed by atoms with van der Waals surface area (Å²) in [6, 6.07) is 7.78. The van der Waals surface area contributed by atoms with Gasteiger partial charge in [0.25, 0.3) is 0 Å². The summed E-state index contributed by atoms with van der Waals surface area (Å²) in [5.41, 5.74) is 2.06. The van der Waals surface area contributed by atoms with E-state index in [1.165, 1.54) is 0 Å². The fourth-order valence-electron chi connectivity index (χ4n) is 1.58. The van der Waals surface area contributed by atoms with E-state index in [4.69, 9.17) is 0 Å². The van der Waals surface area contributed by atoms with E-state index in [9.17, 15) is 13.2 Å². The average molecular weight is 301 g/mol. The van der Waals surface area contributed by atoms with Crippen LogP contribution in [0.1, 0.15) is 10.4 Å². The van der Waals surface area contributed by atoms with Crippen molar-refractivity contribution in [2.24, 2.45) is 0 Å². The fourth-order valence-corrected chi connectivity index (χ4v) is 2.26. The molecule has 0 aliphatic heterocycles. The smallest absolute Gasteiger partial charge is 0.378 e. The molecular weight excluding hydrogens is 287 g/mol. The summed E-state index contributed by atoms with van der Waals surface area (Å²) in [5.74, 6) is 0. The van der Waals surface area contributed by atoms with E-state index in [1.807, 2.05) is 43.3 Å². The summed E-state index contributed by atoms with van der Waals surface area (Å²) >= 11 is 0.612. The van der Waals surface area contributed by atoms with Gasteiger partial charge in [-0.2, -0.15) is 13.2 Å². The molecule has 1 heterocycles. The second kappa shape index (κ2) is 5.70. The highest BCUT2D eigenvalue weighted by Crippen LogP contribution is 2.35. The maximum atomic E-state index is 12.4. The zero-order chi connectivity index (χ0) is 14.8. The van der Waals surface area contributed by atoms with Crippen LogP contribution in [-0.2, 0) is 12.7 Å². The van der Waals surface area contributed by atoms with E-state index in [0.717, 1.165) is 17.4 Å². The number of rotatable bonds is 4. The number of anilines is 2. The molecular formula is C13H14F3N3S. The Bertz CT molecular complexity index is 561. The molecule has 0 unspecified atom stereocenters. The van der Waals surface area contributed by atoms with Crippen molar-refractivity contribution in [1.29, 1.82) is 0 Å². The van der Waals surface area contributed by atoms with Crippen molar-refractivity contribution < 1.29 is 13.2 Å². The van der Waals surface area contributed by atoms with Gasteiger partial charge in [-0.15, -0.1) is 0 Å². The predicted molar refractivity (Wildman–Crippen MR) is 75.2 cm³/mol. The summed E-state index contributed by atoms with van der Waals surface area (Å²) in [6.45, 7) is 0.443. The van der Waals surface area contributed by atoms with Crippen LogP contribution in [0.4, 0.5) is 24.0 Å². The number of nitrogens with one attached hydrogen (secondary N) is 1. The Hall–Kier alpha value is -1.76. The minimum absolute atomic E-state index is 0.272. The largest absolute Gasteiger partial charge is 0.427 e. The normalized spacial score (nSPS) is 11.4. The van der Waals surface area contributed by atoms with Gasteiger partial charge in [0.1, 0.15) is 4.88 Å². The first-order valence-electron chi connectivity index (χ1n) is 5.89. The van der Waals surface area contributed by atoms with Gasteiger partial charge >= 0.3 is 6.18 Å². The molecule has 0 radical (unpaired) electrons. The van der Waals surface area contributed by atoms with Crippen LogP contribution >= 0.6 is 11.3 Å². The maximum absolute atomic E-state index is 12.4. The Kier molecular flexibility index (Phi) is 4.17. The van der Waals surface area contributed by atoms with Gasteiger partial charge in [0.05, 0.1) is 6.20 Å². The Morgan fingerprint density at radius 1 is 1.20 bits per heavy atom. The van der Waals surface area contributed by atoms with Crippen molar-refractivity contribution in [1.82, 2.24) is 4.98 Å². The van der Waals surface area contributed by atoms with E-state index in [-0.39, 0.29) is 5.13 Å². The number of aromatic nitrogens is 1. The molecule has 20 heavy (non-hydrogen) atoms. The van der Waals surface area contributed by atoms with Gasteiger partial charge < -0.3 is 10.2 Å². The van der Waals surface area contributed by atoms with E-state index in [1.54, 1.807) is 0 Å². The molecule has 2 rings (SSSR count). The molecule has 3 nitrogen and oxygen atoms in total. The van der Waals surface area contributed by atoms with Crippen LogP contribution in [0.15, 0.2) is 30.5 Å². The monoisotopic (exact) mass is 301 g/mol. The number of thiazole rings is 1. The highest BCUT2D eigenvalue weighted by molar-refractivity contribution is 7.15. The van der Waals surface area contributed by atoms with Crippen LogP contribution < -0.4 is 10.2 Å². The van der Waals surface area contributed by atoms with Crippen molar-refractivity contribution in [3.8, 4) is 0 Å². The summed E-state index contributed by atoms with van der Waals surface area (Å²) in [6.07, 6.45) is -3.48. The highest BCUT2D eigenvalue weighted by atomic mass is 32.1. The Morgan fingerprint density at radius 3 is 2.35 bits per heavy atom. The van der Waals surface area contributed by atoms with Crippen LogP contribution in [0.3, 0.4) is 0 Å². The quantitative estimate of drug-likeness (QED) is 0.930. The lowest BCUT2D eigenvalue weighted by Gasteiger charge is -2.12. The lowest BCUT2D eigenvalue weighted by atomic mass is 10.2. The highest BCUT2D eigenvalue weighted by Gasteiger charge is 2.33. The topological polar surface area (TPSA) is 28.2 Å². The first-order chi connectivity index (χ1) is 9.36. The third-order valence-electron chi connectivity index (χ3n) is 2.68. The van der Waals surface area contributed by atoms with Crippen LogP contribution in [0.2, 0.25) is 0 Å². The van der Waals surface area contributed by atoms with Gasteiger partial charge in [-0.25, -0.2) is 4.98 Å². The van der Waals surface area contributed by atoms with E-state index >= 15 is 0 Å². The molecule has 0 bridgehead atoms. The molecule has 2 aromatic rings. The molecule has 0 saturated heterocycles. The second-order valence-corrected chi connectivity index (χ2v) is 5.47. The zero-order valence-corrected chi connectivity index (χ0v) is 11.8. The number of alkyl halides is 3. The molecule has 7 heteroatoms. The van der Waals surface area contributed by atoms with Crippen LogP contribution in [-0.4, -0.2) is 19.1 Å². The van der Waals surface area contributed by atoms with Gasteiger partial charge in [0, 0.05) is 26.3 Å². The molecule has 1 aromatic carbocycles. The molecule has 0 fully saturated rings. The summed E-state index contributed by atoms with van der Waals surface area (Å²) in [7, 11) is 3.89. The first-order valence-corrected chi connectivity index (χ1v) is 6.71.